The van der Waals surface area contributed by atoms with Crippen LogP contribution in [-0.2, 0) is 11.2 Å². The van der Waals surface area contributed by atoms with Crippen LogP contribution in [0, 0.1) is 0 Å². The van der Waals surface area contributed by atoms with E-state index in [1.807, 2.05) is 48.5 Å². The van der Waals surface area contributed by atoms with Crippen LogP contribution in [0.5, 0.6) is 11.5 Å². The van der Waals surface area contributed by atoms with Crippen molar-refractivity contribution in [1.82, 2.24) is 4.98 Å². The smallest absolute Gasteiger partial charge is 0.307 e. The lowest BCUT2D eigenvalue weighted by Crippen LogP contribution is -2.01. The number of nitrogens with one attached hydrogen (secondary N) is 1. The van der Waals surface area contributed by atoms with Gasteiger partial charge in [0.05, 0.1) is 17.1 Å². The lowest BCUT2D eigenvalue weighted by molar-refractivity contribution is -0.136. The first-order valence-electron chi connectivity index (χ1n) is 8.56. The quantitative estimate of drug-likeness (QED) is 0.390. The van der Waals surface area contributed by atoms with Gasteiger partial charge >= 0.3 is 5.97 Å². The third-order valence-electron chi connectivity index (χ3n) is 4.38. The standard InChI is InChI=1S/C22H15Cl2NO3/c23-13-6-8-16(19(24)10-13)22-18(12-21(26)27)17-11-15(7-9-20(17)25-22)28-14-4-2-1-3-5-14/h1-11,25H,12H2,(H,26,27). The van der Waals surface area contributed by atoms with Crippen molar-refractivity contribution in [1.29, 1.82) is 0 Å². The van der Waals surface area contributed by atoms with Gasteiger partial charge in [-0.15, -0.1) is 0 Å². The van der Waals surface area contributed by atoms with Gasteiger partial charge in [-0.2, -0.15) is 0 Å². The maximum Gasteiger partial charge on any atom is 0.307 e. The predicted octanol–water partition coefficient (Wildman–Crippen LogP) is 6.56. The molecule has 0 atom stereocenters. The van der Waals surface area contributed by atoms with Crippen LogP contribution in [0.2, 0.25) is 10.0 Å². The zero-order valence-electron chi connectivity index (χ0n) is 14.6. The highest BCUT2D eigenvalue weighted by molar-refractivity contribution is 6.36. The second-order valence-corrected chi connectivity index (χ2v) is 7.14. The molecule has 0 amide bonds. The van der Waals surface area contributed by atoms with Gasteiger partial charge in [-0.1, -0.05) is 41.4 Å². The lowest BCUT2D eigenvalue weighted by atomic mass is 10.0. The zero-order chi connectivity index (χ0) is 19.7. The molecule has 3 aromatic carbocycles. The van der Waals surface area contributed by atoms with E-state index in [9.17, 15) is 9.90 Å². The number of aliphatic carboxylic acids is 1. The summed E-state index contributed by atoms with van der Waals surface area (Å²) in [5.41, 5.74) is 2.81. The van der Waals surface area contributed by atoms with Crippen molar-refractivity contribution >= 4 is 40.1 Å². The molecule has 1 aromatic heterocycles. The van der Waals surface area contributed by atoms with Gasteiger partial charge in [0.25, 0.3) is 0 Å². The Balaban J connectivity index is 1.85. The van der Waals surface area contributed by atoms with E-state index in [0.717, 1.165) is 10.9 Å². The number of H-pyrrole nitrogens is 1. The van der Waals surface area contributed by atoms with E-state index < -0.39 is 5.97 Å². The predicted molar refractivity (Wildman–Crippen MR) is 112 cm³/mol. The van der Waals surface area contributed by atoms with Crippen molar-refractivity contribution in [2.45, 2.75) is 6.42 Å². The highest BCUT2D eigenvalue weighted by Gasteiger charge is 2.18. The summed E-state index contributed by atoms with van der Waals surface area (Å²) in [6.45, 7) is 0. The maximum atomic E-state index is 11.5. The van der Waals surface area contributed by atoms with Crippen LogP contribution in [0.3, 0.4) is 0 Å². The molecule has 0 saturated heterocycles. The molecule has 28 heavy (non-hydrogen) atoms. The molecule has 4 rings (SSSR count). The molecule has 0 aliphatic rings. The molecule has 2 N–H and O–H groups in total. The minimum absolute atomic E-state index is 0.150. The van der Waals surface area contributed by atoms with Gasteiger partial charge in [0, 0.05) is 21.5 Å². The van der Waals surface area contributed by atoms with E-state index in [0.29, 0.717) is 38.4 Å². The van der Waals surface area contributed by atoms with Crippen molar-refractivity contribution in [3.05, 3.63) is 82.3 Å². The summed E-state index contributed by atoms with van der Waals surface area (Å²) in [6.07, 6.45) is -0.150. The van der Waals surface area contributed by atoms with Crippen LogP contribution in [0.15, 0.2) is 66.7 Å². The molecule has 0 unspecified atom stereocenters. The molecule has 0 radical (unpaired) electrons. The number of carboxylic acids is 1. The van der Waals surface area contributed by atoms with Crippen molar-refractivity contribution in [3.63, 3.8) is 0 Å². The molecule has 4 aromatic rings. The third kappa shape index (κ3) is 3.70. The van der Waals surface area contributed by atoms with E-state index in [-0.39, 0.29) is 6.42 Å². The Kier molecular flexibility index (Phi) is 4.99. The fourth-order valence-corrected chi connectivity index (χ4v) is 3.67. The van der Waals surface area contributed by atoms with Gasteiger partial charge in [-0.3, -0.25) is 4.79 Å². The van der Waals surface area contributed by atoms with E-state index in [4.69, 9.17) is 27.9 Å². The van der Waals surface area contributed by atoms with Gasteiger partial charge in [-0.25, -0.2) is 0 Å². The largest absolute Gasteiger partial charge is 0.481 e. The number of rotatable bonds is 5. The van der Waals surface area contributed by atoms with Gasteiger partial charge < -0.3 is 14.8 Å². The van der Waals surface area contributed by atoms with Crippen LogP contribution in [-0.4, -0.2) is 16.1 Å². The first-order valence-corrected chi connectivity index (χ1v) is 9.31. The average molecular weight is 412 g/mol. The van der Waals surface area contributed by atoms with Gasteiger partial charge in [-0.05, 0) is 54.1 Å². The van der Waals surface area contributed by atoms with Crippen molar-refractivity contribution in [3.8, 4) is 22.8 Å². The Morgan fingerprint density at radius 2 is 1.75 bits per heavy atom. The molecule has 0 spiro atoms. The van der Waals surface area contributed by atoms with Gasteiger partial charge in [0.1, 0.15) is 11.5 Å². The van der Waals surface area contributed by atoms with Crippen LogP contribution in [0.4, 0.5) is 0 Å². The number of halogens is 2. The normalized spacial score (nSPS) is 10.9. The average Bonchev–Trinajstić information content (AvgIpc) is 3.00. The summed E-state index contributed by atoms with van der Waals surface area (Å²) in [5, 5.41) is 11.2. The molecule has 0 aliphatic carbocycles. The van der Waals surface area contributed by atoms with E-state index >= 15 is 0 Å². The van der Waals surface area contributed by atoms with Crippen molar-refractivity contribution in [2.24, 2.45) is 0 Å². The summed E-state index contributed by atoms with van der Waals surface area (Å²) in [5.74, 6) is 0.401. The summed E-state index contributed by atoms with van der Waals surface area (Å²) < 4.78 is 5.90. The molecule has 4 nitrogen and oxygen atoms in total. The van der Waals surface area contributed by atoms with Gasteiger partial charge in [0.2, 0.25) is 0 Å². The van der Waals surface area contributed by atoms with Crippen LogP contribution < -0.4 is 4.74 Å². The number of hydrogen-bond acceptors (Lipinski definition) is 2. The molecule has 0 fully saturated rings. The molecule has 1 heterocycles. The lowest BCUT2D eigenvalue weighted by Gasteiger charge is -2.07. The number of aromatic amines is 1. The Labute approximate surface area is 171 Å². The second-order valence-electron chi connectivity index (χ2n) is 6.30. The summed E-state index contributed by atoms with van der Waals surface area (Å²) in [7, 11) is 0. The number of benzene rings is 3. The second kappa shape index (κ2) is 7.58. The minimum Gasteiger partial charge on any atom is -0.481 e. The Bertz CT molecular complexity index is 1170. The molecule has 6 heteroatoms. The number of ether oxygens (including phenoxy) is 1. The monoisotopic (exact) mass is 411 g/mol. The topological polar surface area (TPSA) is 62.3 Å². The molecular weight excluding hydrogens is 397 g/mol. The molecule has 140 valence electrons. The van der Waals surface area contributed by atoms with Crippen molar-refractivity contribution in [2.75, 3.05) is 0 Å². The van der Waals surface area contributed by atoms with E-state index in [1.165, 1.54) is 0 Å². The summed E-state index contributed by atoms with van der Waals surface area (Å²) in [4.78, 5) is 14.8. The van der Waals surface area contributed by atoms with Gasteiger partial charge in [0.15, 0.2) is 0 Å². The highest BCUT2D eigenvalue weighted by atomic mass is 35.5. The Morgan fingerprint density at radius 3 is 2.46 bits per heavy atom. The molecule has 0 saturated carbocycles. The first-order chi connectivity index (χ1) is 13.5. The van der Waals surface area contributed by atoms with Crippen LogP contribution in [0.1, 0.15) is 5.56 Å². The maximum absolute atomic E-state index is 11.5. The fourth-order valence-electron chi connectivity index (χ4n) is 3.17. The number of aromatic nitrogens is 1. The number of hydrogen-bond donors (Lipinski definition) is 2. The van der Waals surface area contributed by atoms with Crippen LogP contribution >= 0.6 is 23.2 Å². The van der Waals surface area contributed by atoms with E-state index in [1.54, 1.807) is 18.2 Å². The van der Waals surface area contributed by atoms with Crippen LogP contribution in [0.25, 0.3) is 22.2 Å². The van der Waals surface area contributed by atoms with E-state index in [2.05, 4.69) is 4.98 Å². The molecule has 0 bridgehead atoms. The minimum atomic E-state index is -0.929. The Hall–Kier alpha value is -2.95. The highest BCUT2D eigenvalue weighted by Crippen LogP contribution is 2.37. The summed E-state index contributed by atoms with van der Waals surface area (Å²) >= 11 is 12.4. The number of fused-ring (bicyclic) bond motifs is 1. The zero-order valence-corrected chi connectivity index (χ0v) is 16.1. The molecule has 0 aliphatic heterocycles. The fraction of sp³-hybridized carbons (Fsp3) is 0.0455. The molecular formula is C22H15Cl2NO3. The third-order valence-corrected chi connectivity index (χ3v) is 4.93. The SMILES string of the molecule is O=C(O)Cc1c(-c2ccc(Cl)cc2Cl)[nH]c2ccc(Oc3ccccc3)cc12. The first kappa shape index (κ1) is 18.4. The summed E-state index contributed by atoms with van der Waals surface area (Å²) in [6, 6.07) is 20.1. The van der Waals surface area contributed by atoms with Crippen molar-refractivity contribution < 1.29 is 14.6 Å². The number of carbonyl (C=O) groups is 1. The Morgan fingerprint density at radius 1 is 0.964 bits per heavy atom. The number of carboxylic acid groups (broad SMARTS) is 1. The number of para-hydroxylation sites is 1.